The number of piperazine rings is 1. The van der Waals surface area contributed by atoms with Crippen LogP contribution in [-0.4, -0.2) is 47.1 Å². The zero-order chi connectivity index (χ0) is 21.8. The molecule has 0 saturated carbocycles. The number of benzene rings is 2. The van der Waals surface area contributed by atoms with Crippen molar-refractivity contribution < 1.29 is 4.79 Å². The first kappa shape index (κ1) is 20.9. The minimum atomic E-state index is -0.131. The second kappa shape index (κ2) is 9.22. The number of amides is 2. The molecule has 0 bridgehead atoms. The number of hydrogen-bond donors (Lipinski definition) is 2. The quantitative estimate of drug-likeness (QED) is 0.611. The molecule has 0 aliphatic carbocycles. The molecule has 0 unspecified atom stereocenters. The molecule has 1 aliphatic heterocycles. The summed E-state index contributed by atoms with van der Waals surface area (Å²) >= 11 is 5.99. The zero-order valence-electron chi connectivity index (χ0n) is 17.6. The van der Waals surface area contributed by atoms with Gasteiger partial charge in [-0.05, 0) is 44.2 Å². The van der Waals surface area contributed by atoms with E-state index >= 15 is 0 Å². The Bertz CT molecular complexity index is 1060. The van der Waals surface area contributed by atoms with Crippen LogP contribution in [0.1, 0.15) is 11.3 Å². The van der Waals surface area contributed by atoms with Gasteiger partial charge in [0, 0.05) is 54.3 Å². The fraction of sp³-hybridized carbons (Fsp3) is 0.261. The van der Waals surface area contributed by atoms with Gasteiger partial charge in [0.05, 0.1) is 0 Å². The molecule has 160 valence electrons. The Hall–Kier alpha value is -3.32. The number of carbonyl (C=O) groups is 1. The first-order valence-electron chi connectivity index (χ1n) is 10.2. The summed E-state index contributed by atoms with van der Waals surface area (Å²) in [6, 6.07) is 17.1. The molecule has 0 radical (unpaired) electrons. The van der Waals surface area contributed by atoms with Gasteiger partial charge in [0.25, 0.3) is 0 Å². The van der Waals surface area contributed by atoms with Crippen molar-refractivity contribution in [3.8, 4) is 0 Å². The highest BCUT2D eigenvalue weighted by molar-refractivity contribution is 6.30. The van der Waals surface area contributed by atoms with E-state index in [1.165, 1.54) is 5.56 Å². The molecule has 1 saturated heterocycles. The van der Waals surface area contributed by atoms with Gasteiger partial charge in [0.15, 0.2) is 0 Å². The molecule has 1 aromatic heterocycles. The number of aryl methyl sites for hydroxylation is 2. The Morgan fingerprint density at radius 1 is 0.935 bits per heavy atom. The summed E-state index contributed by atoms with van der Waals surface area (Å²) in [5.74, 6) is 1.43. The van der Waals surface area contributed by atoms with Gasteiger partial charge in [-0.1, -0.05) is 35.4 Å². The standard InChI is InChI=1S/C23H25ClN6O/c1-16-6-8-19(9-7-16)26-21-14-17(2)25-22(28-21)29-10-12-30(13-11-29)23(31)27-20-5-3-4-18(24)15-20/h3-9,14-15H,10-13H2,1-2H3,(H,27,31)(H,25,26,28). The highest BCUT2D eigenvalue weighted by Crippen LogP contribution is 2.20. The van der Waals surface area contributed by atoms with Crippen LogP contribution in [0.25, 0.3) is 0 Å². The minimum absolute atomic E-state index is 0.131. The van der Waals surface area contributed by atoms with Crippen molar-refractivity contribution in [2.45, 2.75) is 13.8 Å². The Balaban J connectivity index is 1.38. The maximum absolute atomic E-state index is 12.6. The van der Waals surface area contributed by atoms with Crippen LogP contribution in [0.5, 0.6) is 0 Å². The summed E-state index contributed by atoms with van der Waals surface area (Å²) in [5, 5.41) is 6.84. The Kier molecular flexibility index (Phi) is 6.23. The Morgan fingerprint density at radius 2 is 1.68 bits per heavy atom. The topological polar surface area (TPSA) is 73.4 Å². The second-order valence-electron chi connectivity index (χ2n) is 7.60. The number of hydrogen-bond acceptors (Lipinski definition) is 5. The number of aromatic nitrogens is 2. The van der Waals surface area contributed by atoms with E-state index < -0.39 is 0 Å². The van der Waals surface area contributed by atoms with E-state index in [1.807, 2.05) is 37.3 Å². The summed E-state index contributed by atoms with van der Waals surface area (Å²) < 4.78 is 0. The van der Waals surface area contributed by atoms with Crippen LogP contribution in [0.3, 0.4) is 0 Å². The number of anilines is 4. The third-order valence-corrected chi connectivity index (χ3v) is 5.33. The Morgan fingerprint density at radius 3 is 2.39 bits per heavy atom. The van der Waals surface area contributed by atoms with Crippen LogP contribution in [-0.2, 0) is 0 Å². The van der Waals surface area contributed by atoms with Gasteiger partial charge in [-0.3, -0.25) is 0 Å². The summed E-state index contributed by atoms with van der Waals surface area (Å²) in [6.07, 6.45) is 0. The van der Waals surface area contributed by atoms with Gasteiger partial charge in [0.1, 0.15) is 5.82 Å². The van der Waals surface area contributed by atoms with E-state index in [-0.39, 0.29) is 6.03 Å². The number of halogens is 1. The average Bonchev–Trinajstić information content (AvgIpc) is 2.75. The van der Waals surface area contributed by atoms with E-state index in [4.69, 9.17) is 16.6 Å². The highest BCUT2D eigenvalue weighted by Gasteiger charge is 2.23. The van der Waals surface area contributed by atoms with Crippen LogP contribution in [0, 0.1) is 13.8 Å². The van der Waals surface area contributed by atoms with Crippen molar-refractivity contribution in [1.29, 1.82) is 0 Å². The lowest BCUT2D eigenvalue weighted by molar-refractivity contribution is 0.208. The van der Waals surface area contributed by atoms with E-state index in [9.17, 15) is 4.79 Å². The fourth-order valence-corrected chi connectivity index (χ4v) is 3.61. The van der Waals surface area contributed by atoms with E-state index in [1.54, 1.807) is 17.0 Å². The summed E-state index contributed by atoms with van der Waals surface area (Å²) in [4.78, 5) is 25.8. The Labute approximate surface area is 187 Å². The van der Waals surface area contributed by atoms with Crippen molar-refractivity contribution in [2.24, 2.45) is 0 Å². The van der Waals surface area contributed by atoms with Crippen molar-refractivity contribution in [2.75, 3.05) is 41.7 Å². The molecule has 2 aromatic carbocycles. The molecule has 3 aromatic rings. The normalized spacial score (nSPS) is 13.8. The van der Waals surface area contributed by atoms with Gasteiger partial charge >= 0.3 is 6.03 Å². The van der Waals surface area contributed by atoms with Gasteiger partial charge in [0.2, 0.25) is 5.95 Å². The molecule has 2 N–H and O–H groups in total. The molecule has 1 aliphatic rings. The molecule has 31 heavy (non-hydrogen) atoms. The predicted molar refractivity (Wildman–Crippen MR) is 125 cm³/mol. The number of urea groups is 1. The lowest BCUT2D eigenvalue weighted by Gasteiger charge is -2.34. The van der Waals surface area contributed by atoms with E-state index in [0.29, 0.717) is 42.8 Å². The van der Waals surface area contributed by atoms with Crippen LogP contribution in [0.4, 0.5) is 27.9 Å². The first-order chi connectivity index (χ1) is 15.0. The number of carbonyl (C=O) groups excluding carboxylic acids is 1. The number of nitrogens with one attached hydrogen (secondary N) is 2. The zero-order valence-corrected chi connectivity index (χ0v) is 18.4. The van der Waals surface area contributed by atoms with Crippen molar-refractivity contribution in [3.05, 3.63) is 70.9 Å². The van der Waals surface area contributed by atoms with Crippen LogP contribution in [0.2, 0.25) is 5.02 Å². The van der Waals surface area contributed by atoms with Crippen molar-refractivity contribution >= 4 is 40.8 Å². The number of nitrogens with zero attached hydrogens (tertiary/aromatic N) is 4. The molecular weight excluding hydrogens is 412 g/mol. The van der Waals surface area contributed by atoms with Crippen LogP contribution in [0.15, 0.2) is 54.6 Å². The minimum Gasteiger partial charge on any atom is -0.340 e. The van der Waals surface area contributed by atoms with Gasteiger partial charge in [-0.2, -0.15) is 4.98 Å². The lowest BCUT2D eigenvalue weighted by atomic mass is 10.2. The molecular formula is C23H25ClN6O. The van der Waals surface area contributed by atoms with E-state index in [0.717, 1.165) is 17.2 Å². The summed E-state index contributed by atoms with van der Waals surface area (Å²) in [7, 11) is 0. The molecule has 4 rings (SSSR count). The van der Waals surface area contributed by atoms with Crippen molar-refractivity contribution in [3.63, 3.8) is 0 Å². The van der Waals surface area contributed by atoms with Crippen LogP contribution >= 0.6 is 11.6 Å². The maximum Gasteiger partial charge on any atom is 0.321 e. The molecule has 2 heterocycles. The third-order valence-electron chi connectivity index (χ3n) is 5.09. The first-order valence-corrected chi connectivity index (χ1v) is 10.6. The third kappa shape index (κ3) is 5.44. The molecule has 7 nitrogen and oxygen atoms in total. The summed E-state index contributed by atoms with van der Waals surface area (Å²) in [6.45, 7) is 6.52. The lowest BCUT2D eigenvalue weighted by Crippen LogP contribution is -2.50. The second-order valence-corrected chi connectivity index (χ2v) is 8.04. The van der Waals surface area contributed by atoms with Crippen LogP contribution < -0.4 is 15.5 Å². The molecule has 2 amide bonds. The number of rotatable bonds is 4. The molecule has 0 spiro atoms. The average molecular weight is 437 g/mol. The van der Waals surface area contributed by atoms with Gasteiger partial charge < -0.3 is 20.4 Å². The highest BCUT2D eigenvalue weighted by atomic mass is 35.5. The van der Waals surface area contributed by atoms with Gasteiger partial charge in [-0.15, -0.1) is 0 Å². The van der Waals surface area contributed by atoms with E-state index in [2.05, 4.69) is 39.6 Å². The largest absolute Gasteiger partial charge is 0.340 e. The van der Waals surface area contributed by atoms with Gasteiger partial charge in [-0.25, -0.2) is 9.78 Å². The fourth-order valence-electron chi connectivity index (χ4n) is 3.42. The predicted octanol–water partition coefficient (Wildman–Crippen LogP) is 4.84. The monoisotopic (exact) mass is 436 g/mol. The smallest absolute Gasteiger partial charge is 0.321 e. The molecule has 0 atom stereocenters. The molecule has 8 heteroatoms. The maximum atomic E-state index is 12.6. The SMILES string of the molecule is Cc1ccc(Nc2cc(C)nc(N3CCN(C(=O)Nc4cccc(Cl)c4)CC3)n2)cc1. The summed E-state index contributed by atoms with van der Waals surface area (Å²) in [5.41, 5.74) is 3.77. The molecule has 1 fully saturated rings. The van der Waals surface area contributed by atoms with Crippen molar-refractivity contribution in [1.82, 2.24) is 14.9 Å².